The fourth-order valence-corrected chi connectivity index (χ4v) is 14.2. The van der Waals surface area contributed by atoms with Gasteiger partial charge in [-0.2, -0.15) is 0 Å². The van der Waals surface area contributed by atoms with E-state index in [-0.39, 0.29) is 54.4 Å². The van der Waals surface area contributed by atoms with E-state index in [1.165, 1.54) is 13.0 Å². The molecule has 11 bridgehead atoms. The highest BCUT2D eigenvalue weighted by Crippen LogP contribution is 2.50. The molecular formula is C74H89Cl2N9O27. The van der Waals surface area contributed by atoms with Gasteiger partial charge in [-0.1, -0.05) is 81.4 Å². The highest BCUT2D eigenvalue weighted by molar-refractivity contribution is 6.32. The molecule has 13 unspecified atom stereocenters. The summed E-state index contributed by atoms with van der Waals surface area (Å²) < 4.78 is 44.7. The van der Waals surface area contributed by atoms with Crippen LogP contribution in [0.2, 0.25) is 10.0 Å². The van der Waals surface area contributed by atoms with E-state index in [0.717, 1.165) is 92.1 Å². The number of rotatable bonds is 22. The maximum Gasteiger partial charge on any atom is 0.334 e. The number of halogens is 2. The van der Waals surface area contributed by atoms with Gasteiger partial charge in [-0.3, -0.25) is 33.6 Å². The predicted molar refractivity (Wildman–Crippen MR) is 390 cm³/mol. The molecule has 22 N–H and O–H groups in total. The summed E-state index contributed by atoms with van der Waals surface area (Å²) in [7, 11) is 0. The Morgan fingerprint density at radius 2 is 1.33 bits per heavy atom. The van der Waals surface area contributed by atoms with E-state index in [0.29, 0.717) is 6.42 Å². The maximum absolute atomic E-state index is 16.1. The molecule has 112 heavy (non-hydrogen) atoms. The van der Waals surface area contributed by atoms with E-state index >= 15 is 14.4 Å². The molecule has 606 valence electrons. The van der Waals surface area contributed by atoms with Crippen LogP contribution in [0.25, 0.3) is 11.1 Å². The minimum Gasteiger partial charge on any atom is -0.508 e. The number of nitrogens with one attached hydrogen (secondary N) is 7. The molecule has 2 fully saturated rings. The Bertz CT molecular complexity index is 4390. The molecule has 7 heterocycles. The summed E-state index contributed by atoms with van der Waals surface area (Å²) in [6.07, 6.45) is -18.0. The van der Waals surface area contributed by atoms with Gasteiger partial charge < -0.3 is 138 Å². The smallest absolute Gasteiger partial charge is 0.334 e. The third kappa shape index (κ3) is 19.1. The van der Waals surface area contributed by atoms with Gasteiger partial charge in [-0.15, -0.1) is 0 Å². The van der Waals surface area contributed by atoms with Crippen LogP contribution in [0.1, 0.15) is 138 Å². The van der Waals surface area contributed by atoms with Crippen molar-refractivity contribution >= 4 is 76.5 Å². The van der Waals surface area contributed by atoms with Gasteiger partial charge in [-0.25, -0.2) is 9.59 Å². The number of ether oxygens (including phenoxy) is 7. The zero-order valence-electron chi connectivity index (χ0n) is 60.9. The zero-order valence-corrected chi connectivity index (χ0v) is 62.4. The van der Waals surface area contributed by atoms with Crippen LogP contribution < -0.4 is 62.9 Å². The Hall–Kier alpha value is -9.77. The van der Waals surface area contributed by atoms with Gasteiger partial charge in [-0.05, 0) is 109 Å². The second kappa shape index (κ2) is 35.9. The average Bonchev–Trinajstić information content (AvgIpc) is 0.767. The number of aliphatic hydroxyl groups excluding tert-OH is 6. The number of hydrogen-bond acceptors (Lipinski definition) is 27. The number of phenols is 3. The van der Waals surface area contributed by atoms with E-state index in [2.05, 4.69) is 37.2 Å². The molecule has 5 aromatic carbocycles. The number of hydrogen-bond donors (Lipinski definition) is 20. The Morgan fingerprint density at radius 3 is 1.94 bits per heavy atom. The van der Waals surface area contributed by atoms with Gasteiger partial charge in [0.25, 0.3) is 0 Å². The van der Waals surface area contributed by atoms with Crippen molar-refractivity contribution in [3.8, 4) is 57.1 Å². The zero-order chi connectivity index (χ0) is 81.6. The standard InChI is InChI=1S/C74H89Cl2N9O27/c1-6-7-8-9-16-106-48(71(102)103)27-79-74(5)26-51(107-30(4)64(74)95)111-63-61(94)60(93)49(28-86)110-73(63)112-62-46-21-34-22-47(62)109-45-15-12-33(20-39(45)76)59(92)57-70(101)83-55(72(104)105)37-23-35(87)24-43(89)52(37)36-18-31(10-13-42(36)88)53(67(98)85-57)82-68(99)54(34)81-66(97)41(25-50(78)90)80-69(100)56(84-65(96)40(77)17-29(2)3)58(91)32-11-14-44(108-46)38(75)19-32/h10-15,18-24,29-30,40-41,48-49,51,53-61,63-64,73,79,86-89,91-95H,6-9,16-17,25-28,77H2,1-5H3,(H2,78,90)(H,80,100)(H,81,97)(H,82,99)(H,83,101)(H,84,96)(H,85,98)(H,102,103)(H,104,105)/t30?,40-,41?,48?,49?,51?,53?,54-,55-,56?,57+,58-,59-,60?,61?,63?,64?,73?,74?/m1/s1. The number of carboxylic acid groups (broad SMARTS) is 2. The minimum atomic E-state index is -2.39. The first-order chi connectivity index (χ1) is 53.0. The van der Waals surface area contributed by atoms with Gasteiger partial charge in [0, 0.05) is 47.9 Å². The van der Waals surface area contributed by atoms with Crippen molar-refractivity contribution in [2.24, 2.45) is 17.4 Å². The van der Waals surface area contributed by atoms with Crippen molar-refractivity contribution in [2.45, 2.75) is 195 Å². The van der Waals surface area contributed by atoms with Gasteiger partial charge in [0.05, 0.1) is 41.3 Å². The number of fused-ring (bicyclic) bond motifs is 15. The van der Waals surface area contributed by atoms with Crippen LogP contribution in [0, 0.1) is 5.92 Å². The fraction of sp³-hybridized carbons (Fsp3) is 0.473. The Kier molecular flexibility index (Phi) is 27.2. The summed E-state index contributed by atoms with van der Waals surface area (Å²) in [4.78, 5) is 130. The number of carbonyl (C=O) groups is 9. The number of aliphatic hydroxyl groups is 6. The van der Waals surface area contributed by atoms with Gasteiger partial charge in [0.15, 0.2) is 36.0 Å². The molecule has 0 aliphatic carbocycles. The lowest BCUT2D eigenvalue weighted by Crippen LogP contribution is -2.66. The Labute approximate surface area is 649 Å². The Balaban J connectivity index is 1.19. The van der Waals surface area contributed by atoms with Crippen molar-refractivity contribution < 1.29 is 132 Å². The second-order valence-corrected chi connectivity index (χ2v) is 29.3. The second-order valence-electron chi connectivity index (χ2n) is 28.5. The molecule has 38 heteroatoms. The summed E-state index contributed by atoms with van der Waals surface area (Å²) in [6, 6.07) is -1.53. The first kappa shape index (κ1) is 84.7. The number of primary amides is 1. The summed E-state index contributed by atoms with van der Waals surface area (Å²) in [5.74, 6) is -18.0. The normalized spacial score (nSPS) is 28.0. The molecule has 7 aliphatic rings. The monoisotopic (exact) mass is 1610 g/mol. The first-order valence-electron chi connectivity index (χ1n) is 35.8. The molecule has 0 aromatic heterocycles. The van der Waals surface area contributed by atoms with E-state index < -0.39 is 254 Å². The van der Waals surface area contributed by atoms with Gasteiger partial charge in [0.2, 0.25) is 53.4 Å². The largest absolute Gasteiger partial charge is 0.508 e. The summed E-state index contributed by atoms with van der Waals surface area (Å²) in [5.41, 5.74) is 7.50. The fourth-order valence-electron chi connectivity index (χ4n) is 13.7. The number of aromatic hydroxyl groups is 3. The number of carboxylic acids is 2. The van der Waals surface area contributed by atoms with Crippen molar-refractivity contribution in [3.63, 3.8) is 0 Å². The lowest BCUT2D eigenvalue weighted by Gasteiger charge is -2.48. The first-order valence-corrected chi connectivity index (χ1v) is 36.6. The van der Waals surface area contributed by atoms with Gasteiger partial charge in [0.1, 0.15) is 89.5 Å². The highest BCUT2D eigenvalue weighted by atomic mass is 35.5. The van der Waals surface area contributed by atoms with Crippen LogP contribution in [0.3, 0.4) is 0 Å². The van der Waals surface area contributed by atoms with Crippen LogP contribution in [0.15, 0.2) is 78.9 Å². The van der Waals surface area contributed by atoms with Crippen LogP contribution in [0.5, 0.6) is 46.0 Å². The number of benzene rings is 5. The number of aliphatic carboxylic acids is 2. The van der Waals surface area contributed by atoms with Crippen LogP contribution in [-0.2, 0) is 62.1 Å². The van der Waals surface area contributed by atoms with E-state index in [1.807, 2.05) is 6.92 Å². The SMILES string of the molecule is CCCCCCOC(CNC1(C)CC(OC2C(Oc3c4cc5cc3Oc3ccc(cc3Cl)[C@@H](O)[C@@H]3NC(=O)C(NC(=O)[C@@H]5NC(=O)C(CC(N)=O)NC(=O)C(NC(=O)[C@H](N)CC(C)C)[C@H](O)c5ccc(c(Cl)c5)O4)c4ccc(O)c(c4)-c4c(O)cc(O)cc4[C@H](C(=O)O)NC3=O)OC(CO)C(O)C2O)OC(C)C1O)C(=O)O. The van der Waals surface area contributed by atoms with E-state index in [1.54, 1.807) is 20.8 Å². The molecule has 5 aromatic rings. The number of unbranched alkanes of at least 4 members (excludes halogenated alkanes) is 3. The lowest BCUT2D eigenvalue weighted by molar-refractivity contribution is -0.334. The molecule has 12 rings (SSSR count). The van der Waals surface area contributed by atoms with Crippen molar-refractivity contribution in [1.29, 1.82) is 0 Å². The molecule has 7 aliphatic heterocycles. The number of phenolic OH excluding ortho intramolecular Hbond substituents is 3. The average molecular weight is 1610 g/mol. The van der Waals surface area contributed by atoms with Crippen LogP contribution >= 0.6 is 23.2 Å². The van der Waals surface area contributed by atoms with E-state index in [9.17, 15) is 84.9 Å². The maximum atomic E-state index is 16.1. The molecule has 0 saturated carbocycles. The molecular weight excluding hydrogens is 1520 g/mol. The predicted octanol–water partition coefficient (Wildman–Crippen LogP) is 1.53. The quantitative estimate of drug-likeness (QED) is 0.0437. The molecule has 36 nitrogen and oxygen atoms in total. The summed E-state index contributed by atoms with van der Waals surface area (Å²) in [5, 5.41) is 142. The number of nitrogens with two attached hydrogens (primary N) is 2. The topological polar surface area (TPSA) is 577 Å². The molecule has 2 saturated heterocycles. The van der Waals surface area contributed by atoms with E-state index in [4.69, 9.17) is 67.8 Å². The molecule has 7 amide bonds. The lowest BCUT2D eigenvalue weighted by atomic mass is 9.84. The minimum absolute atomic E-state index is 0.0576. The van der Waals surface area contributed by atoms with Crippen molar-refractivity contribution in [3.05, 3.63) is 117 Å². The van der Waals surface area contributed by atoms with Crippen molar-refractivity contribution in [1.82, 2.24) is 37.2 Å². The molecule has 0 radical (unpaired) electrons. The third-order valence-electron chi connectivity index (χ3n) is 19.7. The molecule has 19 atom stereocenters. The van der Waals surface area contributed by atoms with Gasteiger partial charge >= 0.3 is 11.9 Å². The number of amides is 7. The molecule has 0 spiro atoms. The highest BCUT2D eigenvalue weighted by Gasteiger charge is 2.52. The Morgan fingerprint density at radius 1 is 0.705 bits per heavy atom. The number of carbonyl (C=O) groups excluding carboxylic acids is 7. The third-order valence-corrected chi connectivity index (χ3v) is 20.3. The van der Waals surface area contributed by atoms with Crippen LogP contribution in [-0.4, -0.2) is 214 Å². The summed E-state index contributed by atoms with van der Waals surface area (Å²) in [6.45, 7) is 7.28. The van der Waals surface area contributed by atoms with Crippen molar-refractivity contribution in [2.75, 3.05) is 19.8 Å². The van der Waals surface area contributed by atoms with Crippen LogP contribution in [0.4, 0.5) is 0 Å². The summed E-state index contributed by atoms with van der Waals surface area (Å²) >= 11 is 14.2.